The Balaban J connectivity index is 2.45. The van der Waals surface area contributed by atoms with Crippen LogP contribution in [0.25, 0.3) is 11.4 Å². The van der Waals surface area contributed by atoms with Crippen molar-refractivity contribution in [1.82, 2.24) is 25.6 Å². The number of methoxy groups -OCH3 is 1. The van der Waals surface area contributed by atoms with Crippen LogP contribution >= 0.6 is 0 Å². The van der Waals surface area contributed by atoms with E-state index in [2.05, 4.69) is 30.3 Å². The monoisotopic (exact) mass is 193 g/mol. The highest BCUT2D eigenvalue weighted by Gasteiger charge is 2.18. The molecule has 0 saturated heterocycles. The van der Waals surface area contributed by atoms with Gasteiger partial charge in [-0.05, 0) is 6.07 Å². The second kappa shape index (κ2) is 3.29. The normalized spacial score (nSPS) is 10.1. The lowest BCUT2D eigenvalue weighted by Gasteiger charge is -1.94. The van der Waals surface area contributed by atoms with Gasteiger partial charge in [0.2, 0.25) is 0 Å². The molecule has 0 aliphatic rings. The van der Waals surface area contributed by atoms with Crippen molar-refractivity contribution in [2.75, 3.05) is 7.11 Å². The third-order valence-electron chi connectivity index (χ3n) is 1.68. The van der Waals surface area contributed by atoms with E-state index < -0.39 is 5.97 Å². The number of carbonyl (C=O) groups excluding carboxylic acids is 1. The Morgan fingerprint density at radius 3 is 3.00 bits per heavy atom. The van der Waals surface area contributed by atoms with Crippen LogP contribution in [0.4, 0.5) is 0 Å². The van der Waals surface area contributed by atoms with Crippen molar-refractivity contribution in [3.8, 4) is 11.4 Å². The molecule has 0 radical (unpaired) electrons. The van der Waals surface area contributed by atoms with Crippen LogP contribution in [0.5, 0.6) is 0 Å². The first-order chi connectivity index (χ1) is 6.83. The molecule has 2 aromatic rings. The summed E-state index contributed by atoms with van der Waals surface area (Å²) in [5.74, 6) is -0.539. The summed E-state index contributed by atoms with van der Waals surface area (Å²) in [6.45, 7) is 0. The lowest BCUT2D eigenvalue weighted by Crippen LogP contribution is -2.03. The molecule has 14 heavy (non-hydrogen) atoms. The molecular formula is C7H7N5O2. The van der Waals surface area contributed by atoms with Crippen LogP contribution in [0, 0.1) is 0 Å². The molecule has 0 spiro atoms. The Morgan fingerprint density at radius 2 is 2.36 bits per heavy atom. The van der Waals surface area contributed by atoms with Gasteiger partial charge in [0.1, 0.15) is 5.69 Å². The fourth-order valence-corrected chi connectivity index (χ4v) is 1.05. The molecule has 7 heteroatoms. The van der Waals surface area contributed by atoms with Crippen LogP contribution in [-0.4, -0.2) is 38.7 Å². The Hall–Kier alpha value is -2.18. The summed E-state index contributed by atoms with van der Waals surface area (Å²) in [4.78, 5) is 11.2. The van der Waals surface area contributed by atoms with E-state index in [1.165, 1.54) is 7.11 Å². The van der Waals surface area contributed by atoms with Crippen LogP contribution in [0.1, 0.15) is 10.5 Å². The molecule has 7 nitrogen and oxygen atoms in total. The maximum Gasteiger partial charge on any atom is 0.360 e. The summed E-state index contributed by atoms with van der Waals surface area (Å²) in [5.41, 5.74) is 1.14. The van der Waals surface area contributed by atoms with Gasteiger partial charge in [-0.3, -0.25) is 5.10 Å². The average molecular weight is 193 g/mol. The van der Waals surface area contributed by atoms with Crippen LogP contribution in [0.15, 0.2) is 12.3 Å². The van der Waals surface area contributed by atoms with E-state index in [0.717, 1.165) is 0 Å². The average Bonchev–Trinajstić information content (AvgIpc) is 2.85. The van der Waals surface area contributed by atoms with Gasteiger partial charge in [-0.15, -0.1) is 5.10 Å². The minimum absolute atomic E-state index is 0.136. The predicted molar refractivity (Wildman–Crippen MR) is 45.3 cm³/mol. The third-order valence-corrected chi connectivity index (χ3v) is 1.68. The number of carbonyl (C=O) groups is 1. The molecule has 2 heterocycles. The van der Waals surface area contributed by atoms with E-state index in [1.54, 1.807) is 12.3 Å². The number of esters is 1. The smallest absolute Gasteiger partial charge is 0.360 e. The highest BCUT2D eigenvalue weighted by atomic mass is 16.5. The zero-order chi connectivity index (χ0) is 9.97. The highest BCUT2D eigenvalue weighted by Crippen LogP contribution is 2.16. The molecule has 0 aromatic carbocycles. The fraction of sp³-hybridized carbons (Fsp3) is 0.143. The molecule has 0 aliphatic carbocycles. The SMILES string of the molecule is COC(=O)c1n[nH]nc1-c1ccn[nH]1. The topological polar surface area (TPSA) is 96.6 Å². The molecule has 0 amide bonds. The molecule has 72 valence electrons. The Kier molecular flexibility index (Phi) is 1.98. The number of nitrogens with one attached hydrogen (secondary N) is 2. The number of hydrogen-bond acceptors (Lipinski definition) is 5. The fourth-order valence-electron chi connectivity index (χ4n) is 1.05. The van der Waals surface area contributed by atoms with Crippen molar-refractivity contribution in [2.24, 2.45) is 0 Å². The van der Waals surface area contributed by atoms with Gasteiger partial charge in [-0.25, -0.2) is 4.79 Å². The van der Waals surface area contributed by atoms with Gasteiger partial charge in [0.05, 0.1) is 12.8 Å². The molecule has 0 bridgehead atoms. The van der Waals surface area contributed by atoms with Crippen molar-refractivity contribution < 1.29 is 9.53 Å². The first kappa shape index (κ1) is 8.42. The largest absolute Gasteiger partial charge is 0.464 e. The Morgan fingerprint density at radius 1 is 1.50 bits per heavy atom. The number of rotatable bonds is 2. The summed E-state index contributed by atoms with van der Waals surface area (Å²) in [6.07, 6.45) is 1.56. The number of ether oxygens (including phenoxy) is 1. The summed E-state index contributed by atoms with van der Waals surface area (Å²) < 4.78 is 4.54. The van der Waals surface area contributed by atoms with Crippen molar-refractivity contribution >= 4 is 5.97 Å². The van der Waals surface area contributed by atoms with E-state index in [0.29, 0.717) is 11.4 Å². The lowest BCUT2D eigenvalue weighted by molar-refractivity contribution is 0.0595. The molecule has 0 fully saturated rings. The van der Waals surface area contributed by atoms with Gasteiger partial charge in [0.15, 0.2) is 5.69 Å². The highest BCUT2D eigenvalue weighted by molar-refractivity contribution is 5.93. The molecule has 0 aliphatic heterocycles. The first-order valence-corrected chi connectivity index (χ1v) is 3.81. The van der Waals surface area contributed by atoms with Crippen molar-refractivity contribution in [3.05, 3.63) is 18.0 Å². The summed E-state index contributed by atoms with van der Waals surface area (Å²) in [7, 11) is 1.29. The Bertz CT molecular complexity index is 433. The second-order valence-corrected chi connectivity index (χ2v) is 2.48. The molecule has 2 aromatic heterocycles. The van der Waals surface area contributed by atoms with Gasteiger partial charge < -0.3 is 4.74 Å². The molecule has 2 N–H and O–H groups in total. The maximum atomic E-state index is 11.2. The van der Waals surface area contributed by atoms with Crippen molar-refractivity contribution in [1.29, 1.82) is 0 Å². The molecule has 0 atom stereocenters. The minimum atomic E-state index is -0.539. The Labute approximate surface area is 78.5 Å². The summed E-state index contributed by atoms with van der Waals surface area (Å²) in [6, 6.07) is 1.68. The second-order valence-electron chi connectivity index (χ2n) is 2.48. The minimum Gasteiger partial charge on any atom is -0.464 e. The van der Waals surface area contributed by atoms with E-state index in [-0.39, 0.29) is 5.69 Å². The lowest BCUT2D eigenvalue weighted by atomic mass is 10.2. The van der Waals surface area contributed by atoms with Gasteiger partial charge >= 0.3 is 5.97 Å². The molecule has 2 rings (SSSR count). The number of nitrogens with zero attached hydrogens (tertiary/aromatic N) is 3. The molecule has 0 saturated carbocycles. The van der Waals surface area contributed by atoms with Crippen LogP contribution in [0.2, 0.25) is 0 Å². The van der Waals surface area contributed by atoms with E-state index in [1.807, 2.05) is 0 Å². The predicted octanol–water partition coefficient (Wildman–Crippen LogP) is -0.0186. The van der Waals surface area contributed by atoms with E-state index in [9.17, 15) is 4.79 Å². The first-order valence-electron chi connectivity index (χ1n) is 3.81. The van der Waals surface area contributed by atoms with E-state index >= 15 is 0 Å². The number of H-pyrrole nitrogens is 2. The number of hydrogen-bond donors (Lipinski definition) is 2. The zero-order valence-electron chi connectivity index (χ0n) is 7.31. The quantitative estimate of drug-likeness (QED) is 0.653. The van der Waals surface area contributed by atoms with E-state index in [4.69, 9.17) is 0 Å². The molecular weight excluding hydrogens is 186 g/mol. The number of aromatic nitrogens is 5. The van der Waals surface area contributed by atoms with Gasteiger partial charge in [-0.1, -0.05) is 0 Å². The van der Waals surface area contributed by atoms with Crippen molar-refractivity contribution in [2.45, 2.75) is 0 Å². The van der Waals surface area contributed by atoms with Crippen LogP contribution in [0.3, 0.4) is 0 Å². The van der Waals surface area contributed by atoms with Gasteiger partial charge in [0, 0.05) is 6.20 Å². The number of aromatic amines is 2. The van der Waals surface area contributed by atoms with Gasteiger partial charge in [0.25, 0.3) is 0 Å². The zero-order valence-corrected chi connectivity index (χ0v) is 7.31. The van der Waals surface area contributed by atoms with Crippen LogP contribution < -0.4 is 0 Å². The van der Waals surface area contributed by atoms with Gasteiger partial charge in [-0.2, -0.15) is 15.4 Å². The third kappa shape index (κ3) is 1.24. The summed E-state index contributed by atoms with van der Waals surface area (Å²) >= 11 is 0. The molecule has 0 unspecified atom stereocenters. The summed E-state index contributed by atoms with van der Waals surface area (Å²) in [5, 5.41) is 16.3. The maximum absolute atomic E-state index is 11.2. The van der Waals surface area contributed by atoms with Crippen molar-refractivity contribution in [3.63, 3.8) is 0 Å². The standard InChI is InChI=1S/C7H7N5O2/c1-14-7(13)6-5(10-12-11-6)4-2-3-8-9-4/h2-3H,1H3,(H,8,9)(H,10,11,12). The van der Waals surface area contributed by atoms with Crippen LogP contribution in [-0.2, 0) is 4.74 Å².